The number of hydrogen-bond acceptors (Lipinski definition) is 7. The van der Waals surface area contributed by atoms with Crippen molar-refractivity contribution in [2.75, 3.05) is 11.1 Å². The smallest absolute Gasteiger partial charge is 0.387 e. The lowest BCUT2D eigenvalue weighted by molar-refractivity contribution is -0.115. The molecule has 0 saturated heterocycles. The Balaban J connectivity index is 1.90. The van der Waals surface area contributed by atoms with Crippen LogP contribution in [0.4, 0.5) is 19.6 Å². The summed E-state index contributed by atoms with van der Waals surface area (Å²) in [5, 5.41) is 10.1. The van der Waals surface area contributed by atoms with Gasteiger partial charge < -0.3 is 15.8 Å². The topological polar surface area (TPSA) is 90.1 Å². The van der Waals surface area contributed by atoms with Gasteiger partial charge in [-0.15, -0.1) is 10.2 Å². The number of nitrogen functional groups attached to an aromatic ring is 1. The van der Waals surface area contributed by atoms with E-state index < -0.39 is 11.9 Å². The number of hydrogen-bond donors (Lipinski definition) is 2. The highest BCUT2D eigenvalue weighted by atomic mass is 32.2. The van der Waals surface area contributed by atoms with E-state index in [4.69, 9.17) is 5.73 Å². The van der Waals surface area contributed by atoms with Crippen LogP contribution in [0, 0.1) is 0 Å². The molecule has 1 aromatic carbocycles. The molecule has 6 nitrogen and oxygen atoms in total. The normalized spacial score (nSPS) is 12.2. The number of anilines is 2. The number of carbonyl (C=O) groups excluding carboxylic acids is 1. The number of alkyl halides is 2. The number of carbonyl (C=O) groups is 1. The molecule has 0 aliphatic heterocycles. The first-order valence-corrected chi connectivity index (χ1v) is 7.75. The second-order valence-corrected chi connectivity index (χ2v) is 6.66. The molecule has 0 aliphatic carbocycles. The molecule has 1 heterocycles. The Morgan fingerprint density at radius 3 is 2.59 bits per heavy atom. The van der Waals surface area contributed by atoms with Crippen molar-refractivity contribution in [3.63, 3.8) is 0 Å². The van der Waals surface area contributed by atoms with Crippen LogP contribution >= 0.6 is 23.1 Å². The number of halogens is 2. The van der Waals surface area contributed by atoms with E-state index in [2.05, 4.69) is 20.3 Å². The van der Waals surface area contributed by atoms with E-state index >= 15 is 0 Å². The molecule has 0 radical (unpaired) electrons. The number of nitrogens with one attached hydrogen (secondary N) is 1. The van der Waals surface area contributed by atoms with Crippen LogP contribution in [0.1, 0.15) is 6.92 Å². The zero-order chi connectivity index (χ0) is 16.1. The average Bonchev–Trinajstić information content (AvgIpc) is 2.85. The molecule has 1 atom stereocenters. The molecule has 0 aliphatic rings. The predicted molar refractivity (Wildman–Crippen MR) is 81.3 cm³/mol. The van der Waals surface area contributed by atoms with Gasteiger partial charge in [0, 0.05) is 5.69 Å². The molecule has 1 amide bonds. The summed E-state index contributed by atoms with van der Waals surface area (Å²) >= 11 is 2.43. The maximum absolute atomic E-state index is 12.0. The maximum atomic E-state index is 12.0. The highest BCUT2D eigenvalue weighted by Crippen LogP contribution is 2.28. The Bertz CT molecular complexity index is 636. The number of thioether (sulfide) groups is 1. The van der Waals surface area contributed by atoms with E-state index in [1.165, 1.54) is 47.4 Å². The zero-order valence-electron chi connectivity index (χ0n) is 11.3. The molecule has 1 aromatic heterocycles. The number of rotatable bonds is 6. The van der Waals surface area contributed by atoms with E-state index in [9.17, 15) is 13.6 Å². The van der Waals surface area contributed by atoms with Crippen LogP contribution in [-0.2, 0) is 4.79 Å². The second kappa shape index (κ2) is 7.36. The van der Waals surface area contributed by atoms with Crippen LogP contribution in [0.15, 0.2) is 28.6 Å². The molecule has 22 heavy (non-hydrogen) atoms. The lowest BCUT2D eigenvalue weighted by Gasteiger charge is -2.11. The van der Waals surface area contributed by atoms with Crippen molar-refractivity contribution in [2.45, 2.75) is 23.1 Å². The molecule has 2 aromatic rings. The monoisotopic (exact) mass is 346 g/mol. The van der Waals surface area contributed by atoms with Gasteiger partial charge in [0.2, 0.25) is 11.0 Å². The van der Waals surface area contributed by atoms with Crippen LogP contribution in [0.3, 0.4) is 0 Å². The number of ether oxygens (including phenoxy) is 1. The van der Waals surface area contributed by atoms with E-state index in [0.717, 1.165) is 0 Å². The summed E-state index contributed by atoms with van der Waals surface area (Å²) in [6, 6.07) is 5.67. The van der Waals surface area contributed by atoms with Crippen molar-refractivity contribution in [3.8, 4) is 5.75 Å². The van der Waals surface area contributed by atoms with Crippen molar-refractivity contribution in [2.24, 2.45) is 0 Å². The van der Waals surface area contributed by atoms with Crippen molar-refractivity contribution in [1.29, 1.82) is 0 Å². The van der Waals surface area contributed by atoms with Gasteiger partial charge in [0.1, 0.15) is 5.75 Å². The summed E-state index contributed by atoms with van der Waals surface area (Å²) in [6.45, 7) is -1.16. The first-order chi connectivity index (χ1) is 10.4. The predicted octanol–water partition coefficient (Wildman–Crippen LogP) is 2.84. The van der Waals surface area contributed by atoms with Crippen LogP contribution < -0.4 is 15.8 Å². The zero-order valence-corrected chi connectivity index (χ0v) is 13.0. The fraction of sp³-hybridized carbons (Fsp3) is 0.250. The van der Waals surface area contributed by atoms with E-state index in [1.54, 1.807) is 6.92 Å². The SMILES string of the molecule is CC(Sc1nnc(N)s1)C(=O)Nc1ccc(OC(F)F)cc1. The number of nitrogens with two attached hydrogens (primary N) is 1. The first kappa shape index (κ1) is 16.4. The highest BCUT2D eigenvalue weighted by Gasteiger charge is 2.17. The third-order valence-electron chi connectivity index (χ3n) is 2.42. The molecule has 0 bridgehead atoms. The van der Waals surface area contributed by atoms with Crippen LogP contribution in [-0.4, -0.2) is 28.0 Å². The third-order valence-corrected chi connectivity index (χ3v) is 4.35. The minimum atomic E-state index is -2.88. The van der Waals surface area contributed by atoms with Gasteiger partial charge >= 0.3 is 6.61 Å². The Kier molecular flexibility index (Phi) is 5.50. The number of amides is 1. The highest BCUT2D eigenvalue weighted by molar-refractivity contribution is 8.02. The van der Waals surface area contributed by atoms with Gasteiger partial charge in [0.25, 0.3) is 0 Å². The first-order valence-electron chi connectivity index (χ1n) is 6.05. The molecule has 0 spiro atoms. The maximum Gasteiger partial charge on any atom is 0.387 e. The number of nitrogens with zero attached hydrogens (tertiary/aromatic N) is 2. The van der Waals surface area contributed by atoms with Crippen molar-refractivity contribution >= 4 is 39.8 Å². The van der Waals surface area contributed by atoms with Gasteiger partial charge in [-0.2, -0.15) is 8.78 Å². The van der Waals surface area contributed by atoms with E-state index in [0.29, 0.717) is 15.2 Å². The average molecular weight is 346 g/mol. The van der Waals surface area contributed by atoms with Gasteiger partial charge in [-0.25, -0.2) is 0 Å². The standard InChI is InChI=1S/C12H12F2N4O2S2/c1-6(21-12-18-17-11(15)22-12)9(19)16-7-2-4-8(5-3-7)20-10(13)14/h2-6,10H,1H3,(H2,15,17)(H,16,19). The summed E-state index contributed by atoms with van der Waals surface area (Å²) in [4.78, 5) is 12.0. The Labute approximate surface area is 133 Å². The van der Waals surface area contributed by atoms with Crippen LogP contribution in [0.5, 0.6) is 5.75 Å². The molecule has 10 heteroatoms. The number of benzene rings is 1. The van der Waals surface area contributed by atoms with Gasteiger partial charge in [-0.05, 0) is 31.2 Å². The second-order valence-electron chi connectivity index (χ2n) is 4.06. The molecule has 0 saturated carbocycles. The fourth-order valence-electron chi connectivity index (χ4n) is 1.44. The number of aromatic nitrogens is 2. The lowest BCUT2D eigenvalue weighted by atomic mass is 10.3. The fourth-order valence-corrected chi connectivity index (χ4v) is 3.22. The van der Waals surface area contributed by atoms with Gasteiger partial charge in [-0.3, -0.25) is 4.79 Å². The Morgan fingerprint density at radius 1 is 1.36 bits per heavy atom. The Hall–Kier alpha value is -1.94. The summed E-state index contributed by atoms with van der Waals surface area (Å²) < 4.78 is 28.9. The molecular weight excluding hydrogens is 334 g/mol. The van der Waals surface area contributed by atoms with E-state index in [-0.39, 0.29) is 11.7 Å². The third kappa shape index (κ3) is 4.81. The van der Waals surface area contributed by atoms with Crippen molar-refractivity contribution in [3.05, 3.63) is 24.3 Å². The van der Waals surface area contributed by atoms with E-state index in [1.807, 2.05) is 0 Å². The minimum absolute atomic E-state index is 0.0276. The van der Waals surface area contributed by atoms with Gasteiger partial charge in [-0.1, -0.05) is 23.1 Å². The molecule has 2 rings (SSSR count). The largest absolute Gasteiger partial charge is 0.435 e. The summed E-state index contributed by atoms with van der Waals surface area (Å²) in [6.07, 6.45) is 0. The van der Waals surface area contributed by atoms with Crippen LogP contribution in [0.2, 0.25) is 0 Å². The summed E-state index contributed by atoms with van der Waals surface area (Å²) in [7, 11) is 0. The van der Waals surface area contributed by atoms with Gasteiger partial charge in [0.15, 0.2) is 4.34 Å². The Morgan fingerprint density at radius 2 is 2.05 bits per heavy atom. The molecule has 3 N–H and O–H groups in total. The summed E-state index contributed by atoms with van der Waals surface area (Å²) in [5.74, 6) is -0.221. The molecule has 0 fully saturated rings. The quantitative estimate of drug-likeness (QED) is 0.782. The summed E-state index contributed by atoms with van der Waals surface area (Å²) in [5.41, 5.74) is 5.95. The lowest BCUT2D eigenvalue weighted by Crippen LogP contribution is -2.22. The molecular formula is C12H12F2N4O2S2. The van der Waals surface area contributed by atoms with Crippen molar-refractivity contribution in [1.82, 2.24) is 10.2 Å². The molecule has 118 valence electrons. The van der Waals surface area contributed by atoms with Crippen LogP contribution in [0.25, 0.3) is 0 Å². The van der Waals surface area contributed by atoms with Gasteiger partial charge in [0.05, 0.1) is 5.25 Å². The molecule has 1 unspecified atom stereocenters. The minimum Gasteiger partial charge on any atom is -0.435 e. The van der Waals surface area contributed by atoms with Crippen molar-refractivity contribution < 1.29 is 18.3 Å².